The molecule has 0 saturated carbocycles. The first-order valence-electron chi connectivity index (χ1n) is 11.6. The highest BCUT2D eigenvalue weighted by atomic mass is 16.2. The van der Waals surface area contributed by atoms with E-state index in [0.29, 0.717) is 25.9 Å². The van der Waals surface area contributed by atoms with Crippen molar-refractivity contribution < 1.29 is 14.4 Å². The Balaban J connectivity index is 1.57. The average molecular weight is 456 g/mol. The van der Waals surface area contributed by atoms with Crippen LogP contribution in [0.5, 0.6) is 0 Å². The normalized spacial score (nSPS) is 17.5. The quantitative estimate of drug-likeness (QED) is 0.484. The third-order valence-corrected chi connectivity index (χ3v) is 6.15. The molecule has 0 aromatic heterocycles. The van der Waals surface area contributed by atoms with Crippen LogP contribution < -0.4 is 5.32 Å². The first-order chi connectivity index (χ1) is 16.5. The van der Waals surface area contributed by atoms with Crippen molar-refractivity contribution in [2.45, 2.75) is 38.4 Å². The highest BCUT2D eigenvalue weighted by Crippen LogP contribution is 2.33. The summed E-state index contributed by atoms with van der Waals surface area (Å²) < 4.78 is 0. The molecule has 6 heteroatoms. The Kier molecular flexibility index (Phi) is 7.07. The van der Waals surface area contributed by atoms with E-state index in [1.165, 1.54) is 0 Å². The maximum atomic E-state index is 13.6. The molecule has 3 aromatic rings. The molecule has 3 aromatic carbocycles. The smallest absolute Gasteiger partial charge is 0.325 e. The number of benzene rings is 3. The molecule has 4 amide bonds. The van der Waals surface area contributed by atoms with Crippen molar-refractivity contribution in [3.8, 4) is 0 Å². The summed E-state index contributed by atoms with van der Waals surface area (Å²) in [5.41, 5.74) is 1.55. The SMILES string of the molecule is CCCC1(c2ccccc2)NC(=O)N(CC(=O)N(Cc2ccccc2)Cc2ccccc2)C1=O. The largest absolute Gasteiger partial charge is 0.332 e. The van der Waals surface area contributed by atoms with E-state index >= 15 is 0 Å². The summed E-state index contributed by atoms with van der Waals surface area (Å²) >= 11 is 0. The summed E-state index contributed by atoms with van der Waals surface area (Å²) in [6.45, 7) is 2.44. The van der Waals surface area contributed by atoms with Gasteiger partial charge in [0.1, 0.15) is 12.1 Å². The molecule has 0 radical (unpaired) electrons. The topological polar surface area (TPSA) is 69.7 Å². The summed E-state index contributed by atoms with van der Waals surface area (Å²) in [6, 6.07) is 28.1. The van der Waals surface area contributed by atoms with Crippen LogP contribution in [0.25, 0.3) is 0 Å². The van der Waals surface area contributed by atoms with Crippen molar-refractivity contribution in [1.82, 2.24) is 15.1 Å². The summed E-state index contributed by atoms with van der Waals surface area (Å²) in [5, 5.41) is 2.89. The minimum atomic E-state index is -1.14. The molecular formula is C28H29N3O3. The van der Waals surface area contributed by atoms with Crippen molar-refractivity contribution in [1.29, 1.82) is 0 Å². The third kappa shape index (κ3) is 4.86. The maximum Gasteiger partial charge on any atom is 0.325 e. The van der Waals surface area contributed by atoms with Crippen molar-refractivity contribution in [3.05, 3.63) is 108 Å². The molecule has 1 aliphatic heterocycles. The Morgan fingerprint density at radius 3 is 1.82 bits per heavy atom. The zero-order valence-corrected chi connectivity index (χ0v) is 19.3. The van der Waals surface area contributed by atoms with Gasteiger partial charge in [0, 0.05) is 13.1 Å². The molecule has 1 fully saturated rings. The Morgan fingerprint density at radius 1 is 0.824 bits per heavy atom. The number of nitrogens with zero attached hydrogens (tertiary/aromatic N) is 2. The van der Waals surface area contributed by atoms with Gasteiger partial charge in [-0.2, -0.15) is 0 Å². The predicted molar refractivity (Wildman–Crippen MR) is 130 cm³/mol. The van der Waals surface area contributed by atoms with Crippen LogP contribution in [0.15, 0.2) is 91.0 Å². The molecule has 1 unspecified atom stereocenters. The van der Waals surface area contributed by atoms with Crippen LogP contribution in [-0.2, 0) is 28.2 Å². The number of imide groups is 1. The van der Waals surface area contributed by atoms with E-state index in [2.05, 4.69) is 5.32 Å². The van der Waals surface area contributed by atoms with Gasteiger partial charge in [-0.15, -0.1) is 0 Å². The van der Waals surface area contributed by atoms with Crippen LogP contribution in [0.2, 0.25) is 0 Å². The number of amides is 4. The lowest BCUT2D eigenvalue weighted by molar-refractivity contribution is -0.140. The van der Waals surface area contributed by atoms with Crippen LogP contribution in [0.3, 0.4) is 0 Å². The fourth-order valence-electron chi connectivity index (χ4n) is 4.45. The Hall–Kier alpha value is -3.93. The van der Waals surface area contributed by atoms with Crippen LogP contribution in [0.1, 0.15) is 36.5 Å². The van der Waals surface area contributed by atoms with E-state index in [-0.39, 0.29) is 18.4 Å². The van der Waals surface area contributed by atoms with Crippen molar-refractivity contribution in [2.24, 2.45) is 0 Å². The maximum absolute atomic E-state index is 13.6. The Morgan fingerprint density at radius 2 is 1.32 bits per heavy atom. The molecule has 1 heterocycles. The van der Waals surface area contributed by atoms with Gasteiger partial charge >= 0.3 is 6.03 Å². The lowest BCUT2D eigenvalue weighted by Gasteiger charge is -2.28. The van der Waals surface area contributed by atoms with E-state index in [9.17, 15) is 14.4 Å². The van der Waals surface area contributed by atoms with Crippen LogP contribution in [0.4, 0.5) is 4.79 Å². The molecule has 1 N–H and O–H groups in total. The molecule has 1 aliphatic rings. The second-order valence-electron chi connectivity index (χ2n) is 8.56. The van der Waals surface area contributed by atoms with Gasteiger partial charge < -0.3 is 10.2 Å². The minimum absolute atomic E-state index is 0.281. The van der Waals surface area contributed by atoms with Crippen LogP contribution in [-0.4, -0.2) is 34.2 Å². The molecule has 4 rings (SSSR count). The predicted octanol–water partition coefficient (Wildman–Crippen LogP) is 4.46. The molecule has 6 nitrogen and oxygen atoms in total. The monoisotopic (exact) mass is 455 g/mol. The Bertz CT molecular complexity index is 1090. The van der Waals surface area contributed by atoms with Gasteiger partial charge in [-0.1, -0.05) is 104 Å². The van der Waals surface area contributed by atoms with Crippen LogP contribution >= 0.6 is 0 Å². The van der Waals surface area contributed by atoms with Crippen LogP contribution in [0, 0.1) is 0 Å². The lowest BCUT2D eigenvalue weighted by Crippen LogP contribution is -2.45. The molecule has 1 saturated heterocycles. The lowest BCUT2D eigenvalue weighted by atomic mass is 9.85. The summed E-state index contributed by atoms with van der Waals surface area (Å²) in [4.78, 5) is 42.7. The zero-order valence-electron chi connectivity index (χ0n) is 19.3. The number of carbonyl (C=O) groups is 3. The van der Waals surface area contributed by atoms with E-state index in [4.69, 9.17) is 0 Å². The molecule has 0 aliphatic carbocycles. The van der Waals surface area contributed by atoms with E-state index in [1.54, 1.807) is 4.90 Å². The average Bonchev–Trinajstić information content (AvgIpc) is 3.10. The van der Waals surface area contributed by atoms with E-state index in [1.807, 2.05) is 97.9 Å². The van der Waals surface area contributed by atoms with Gasteiger partial charge in [0.25, 0.3) is 5.91 Å². The number of nitrogens with one attached hydrogen (secondary N) is 1. The first kappa shape index (κ1) is 23.2. The molecule has 1 atom stereocenters. The molecule has 0 bridgehead atoms. The standard InChI is InChI=1S/C28H29N3O3/c1-2-18-28(24-16-10-5-11-17-24)26(33)31(27(34)29-28)21-25(32)30(19-22-12-6-3-7-13-22)20-23-14-8-4-9-15-23/h3-17H,2,18-21H2,1H3,(H,29,34). The molecule has 174 valence electrons. The van der Waals surface area contributed by atoms with Gasteiger partial charge in [0.15, 0.2) is 0 Å². The summed E-state index contributed by atoms with van der Waals surface area (Å²) in [6.07, 6.45) is 1.17. The third-order valence-electron chi connectivity index (χ3n) is 6.15. The highest BCUT2D eigenvalue weighted by molar-refractivity contribution is 6.09. The molecule has 34 heavy (non-hydrogen) atoms. The summed E-state index contributed by atoms with van der Waals surface area (Å²) in [5.74, 6) is -0.658. The zero-order chi connectivity index (χ0) is 24.0. The van der Waals surface area contributed by atoms with Gasteiger partial charge in [-0.05, 0) is 23.1 Å². The number of urea groups is 1. The van der Waals surface area contributed by atoms with Gasteiger partial charge in [0.2, 0.25) is 5.91 Å². The second-order valence-corrected chi connectivity index (χ2v) is 8.56. The molecule has 0 spiro atoms. The van der Waals surface area contributed by atoms with E-state index in [0.717, 1.165) is 21.6 Å². The fraction of sp³-hybridized carbons (Fsp3) is 0.250. The first-order valence-corrected chi connectivity index (χ1v) is 11.6. The highest BCUT2D eigenvalue weighted by Gasteiger charge is 2.52. The van der Waals surface area contributed by atoms with Gasteiger partial charge in [0.05, 0.1) is 0 Å². The number of carbonyl (C=O) groups excluding carboxylic acids is 3. The number of rotatable bonds is 9. The minimum Gasteiger partial charge on any atom is -0.332 e. The number of hydrogen-bond donors (Lipinski definition) is 1. The molecular weight excluding hydrogens is 426 g/mol. The van der Waals surface area contributed by atoms with Crippen molar-refractivity contribution in [3.63, 3.8) is 0 Å². The van der Waals surface area contributed by atoms with Gasteiger partial charge in [-0.3, -0.25) is 14.5 Å². The van der Waals surface area contributed by atoms with Crippen molar-refractivity contribution >= 4 is 17.8 Å². The fourth-order valence-corrected chi connectivity index (χ4v) is 4.45. The second kappa shape index (κ2) is 10.3. The van der Waals surface area contributed by atoms with Crippen molar-refractivity contribution in [2.75, 3.05) is 6.54 Å². The summed E-state index contributed by atoms with van der Waals surface area (Å²) in [7, 11) is 0. The van der Waals surface area contributed by atoms with E-state index < -0.39 is 11.6 Å². The Labute approximate surface area is 200 Å². The number of hydrogen-bond acceptors (Lipinski definition) is 3. The van der Waals surface area contributed by atoms with Gasteiger partial charge in [-0.25, -0.2) is 4.79 Å².